The van der Waals surface area contributed by atoms with E-state index in [4.69, 9.17) is 4.74 Å². The van der Waals surface area contributed by atoms with E-state index in [1.54, 1.807) is 31.9 Å². The third-order valence-electron chi connectivity index (χ3n) is 3.12. The zero-order valence-electron chi connectivity index (χ0n) is 12.2. The van der Waals surface area contributed by atoms with Crippen LogP contribution < -0.4 is 10.1 Å². The van der Waals surface area contributed by atoms with Gasteiger partial charge in [0.05, 0.1) is 31.2 Å². The van der Waals surface area contributed by atoms with Crippen molar-refractivity contribution in [3.05, 3.63) is 36.2 Å². The number of rotatable bonds is 7. The van der Waals surface area contributed by atoms with Crippen LogP contribution in [0.3, 0.4) is 0 Å². The smallest absolute Gasteiger partial charge is 0.161 e. The van der Waals surface area contributed by atoms with Gasteiger partial charge >= 0.3 is 0 Å². The molecular formula is C14H21N5O. The van der Waals surface area contributed by atoms with Crippen LogP contribution >= 0.6 is 0 Å². The van der Waals surface area contributed by atoms with Gasteiger partial charge in [0.25, 0.3) is 0 Å². The lowest BCUT2D eigenvalue weighted by Gasteiger charge is -2.20. The van der Waals surface area contributed by atoms with Gasteiger partial charge in [-0.1, -0.05) is 6.92 Å². The minimum Gasteiger partial charge on any atom is -0.493 e. The maximum Gasteiger partial charge on any atom is 0.161 e. The average molecular weight is 275 g/mol. The largest absolute Gasteiger partial charge is 0.493 e. The third-order valence-corrected chi connectivity index (χ3v) is 3.12. The summed E-state index contributed by atoms with van der Waals surface area (Å²) in [6.45, 7) is 5.86. The van der Waals surface area contributed by atoms with Gasteiger partial charge in [-0.2, -0.15) is 5.10 Å². The molecule has 0 aliphatic heterocycles. The van der Waals surface area contributed by atoms with Gasteiger partial charge in [0.2, 0.25) is 0 Å². The standard InChI is InChI=1S/C14H21N5O/c1-4-6-17-13(11-9-15-7-8-16-11)14-12(20-3)10-18-19(14)5-2/h7-10,13,17H,4-6H2,1-3H3. The molecule has 6 heteroatoms. The number of hydrogen-bond donors (Lipinski definition) is 1. The molecule has 108 valence electrons. The van der Waals surface area contributed by atoms with Crippen LogP contribution in [0.2, 0.25) is 0 Å². The zero-order valence-corrected chi connectivity index (χ0v) is 12.2. The predicted octanol–water partition coefficient (Wildman–Crippen LogP) is 1.79. The maximum atomic E-state index is 5.44. The zero-order chi connectivity index (χ0) is 14.4. The van der Waals surface area contributed by atoms with E-state index in [1.165, 1.54) is 0 Å². The summed E-state index contributed by atoms with van der Waals surface area (Å²) in [6, 6.07) is -0.0685. The Labute approximate surface area is 119 Å². The number of aryl methyl sites for hydroxylation is 1. The number of hydrogen-bond acceptors (Lipinski definition) is 5. The lowest BCUT2D eigenvalue weighted by Crippen LogP contribution is -2.27. The van der Waals surface area contributed by atoms with Crippen molar-refractivity contribution in [2.75, 3.05) is 13.7 Å². The van der Waals surface area contributed by atoms with Crippen molar-refractivity contribution in [2.24, 2.45) is 0 Å². The first-order chi connectivity index (χ1) is 9.81. The molecule has 0 aromatic carbocycles. The van der Waals surface area contributed by atoms with Crippen molar-refractivity contribution in [1.29, 1.82) is 0 Å². The van der Waals surface area contributed by atoms with Crippen LogP contribution in [-0.4, -0.2) is 33.4 Å². The molecule has 0 fully saturated rings. The van der Waals surface area contributed by atoms with Gasteiger partial charge in [0.1, 0.15) is 5.69 Å². The fourth-order valence-corrected chi connectivity index (χ4v) is 2.17. The SMILES string of the molecule is CCCNC(c1cnccn1)c1c(OC)cnn1CC. The molecule has 0 spiro atoms. The van der Waals surface area contributed by atoms with Crippen molar-refractivity contribution in [3.63, 3.8) is 0 Å². The van der Waals surface area contributed by atoms with Crippen LogP contribution in [0.1, 0.15) is 37.7 Å². The first-order valence-electron chi connectivity index (χ1n) is 6.90. The molecule has 2 aromatic heterocycles. The van der Waals surface area contributed by atoms with Crippen molar-refractivity contribution >= 4 is 0 Å². The van der Waals surface area contributed by atoms with Crippen LogP contribution in [0.4, 0.5) is 0 Å². The van der Waals surface area contributed by atoms with Crippen LogP contribution in [-0.2, 0) is 6.54 Å². The van der Waals surface area contributed by atoms with E-state index >= 15 is 0 Å². The molecule has 20 heavy (non-hydrogen) atoms. The number of aromatic nitrogens is 4. The van der Waals surface area contributed by atoms with E-state index in [9.17, 15) is 0 Å². The van der Waals surface area contributed by atoms with E-state index < -0.39 is 0 Å². The number of nitrogens with zero attached hydrogens (tertiary/aromatic N) is 4. The Morgan fingerprint density at radius 2 is 2.15 bits per heavy atom. The molecule has 2 rings (SSSR count). The fraction of sp³-hybridized carbons (Fsp3) is 0.500. The summed E-state index contributed by atoms with van der Waals surface area (Å²) >= 11 is 0. The van der Waals surface area contributed by atoms with E-state index in [0.717, 1.165) is 36.6 Å². The van der Waals surface area contributed by atoms with E-state index in [-0.39, 0.29) is 6.04 Å². The Hall–Kier alpha value is -1.95. The quantitative estimate of drug-likeness (QED) is 0.834. The highest BCUT2D eigenvalue weighted by Crippen LogP contribution is 2.28. The predicted molar refractivity (Wildman–Crippen MR) is 76.6 cm³/mol. The molecular weight excluding hydrogens is 254 g/mol. The van der Waals surface area contributed by atoms with E-state index in [0.29, 0.717) is 0 Å². The molecule has 1 N–H and O–H groups in total. The summed E-state index contributed by atoms with van der Waals surface area (Å²) in [7, 11) is 1.66. The Kier molecular flexibility index (Phi) is 5.06. The molecule has 0 radical (unpaired) electrons. The Morgan fingerprint density at radius 3 is 2.75 bits per heavy atom. The fourth-order valence-electron chi connectivity index (χ4n) is 2.17. The van der Waals surface area contributed by atoms with Gasteiger partial charge in [0.15, 0.2) is 5.75 Å². The summed E-state index contributed by atoms with van der Waals surface area (Å²) in [5.41, 5.74) is 1.86. The van der Waals surface area contributed by atoms with Gasteiger partial charge in [-0.25, -0.2) is 0 Å². The first-order valence-corrected chi connectivity index (χ1v) is 6.90. The lowest BCUT2D eigenvalue weighted by molar-refractivity contribution is 0.397. The molecule has 2 heterocycles. The number of methoxy groups -OCH3 is 1. The molecule has 0 saturated carbocycles. The third kappa shape index (κ3) is 2.96. The topological polar surface area (TPSA) is 64.9 Å². The van der Waals surface area contributed by atoms with E-state index in [1.807, 2.05) is 4.68 Å². The second-order valence-electron chi connectivity index (χ2n) is 4.43. The van der Waals surface area contributed by atoms with Gasteiger partial charge < -0.3 is 10.1 Å². The first kappa shape index (κ1) is 14.5. The average Bonchev–Trinajstić information content (AvgIpc) is 2.92. The second kappa shape index (κ2) is 7.00. The van der Waals surface area contributed by atoms with Gasteiger partial charge in [0, 0.05) is 18.9 Å². The van der Waals surface area contributed by atoms with E-state index in [2.05, 4.69) is 34.2 Å². The van der Waals surface area contributed by atoms with Crippen LogP contribution in [0, 0.1) is 0 Å². The molecule has 0 saturated heterocycles. The van der Waals surface area contributed by atoms with Crippen molar-refractivity contribution in [3.8, 4) is 5.75 Å². The molecule has 0 aliphatic rings. The summed E-state index contributed by atoms with van der Waals surface area (Å²) in [5, 5.41) is 7.86. The highest BCUT2D eigenvalue weighted by atomic mass is 16.5. The second-order valence-corrected chi connectivity index (χ2v) is 4.43. The molecule has 2 aromatic rings. The van der Waals surface area contributed by atoms with Crippen molar-refractivity contribution in [1.82, 2.24) is 25.1 Å². The lowest BCUT2D eigenvalue weighted by atomic mass is 10.1. The molecule has 1 atom stereocenters. The summed E-state index contributed by atoms with van der Waals surface area (Å²) < 4.78 is 7.37. The monoisotopic (exact) mass is 275 g/mol. The Morgan fingerprint density at radius 1 is 1.30 bits per heavy atom. The summed E-state index contributed by atoms with van der Waals surface area (Å²) in [4.78, 5) is 8.58. The molecule has 0 aliphatic carbocycles. The molecule has 1 unspecified atom stereocenters. The highest BCUT2D eigenvalue weighted by molar-refractivity contribution is 5.33. The normalized spacial score (nSPS) is 12.3. The van der Waals surface area contributed by atoms with Gasteiger partial charge in [-0.3, -0.25) is 14.6 Å². The van der Waals surface area contributed by atoms with Crippen LogP contribution in [0.25, 0.3) is 0 Å². The Balaban J connectivity index is 2.43. The summed E-state index contributed by atoms with van der Waals surface area (Å²) in [5.74, 6) is 0.770. The number of nitrogens with one attached hydrogen (secondary N) is 1. The molecule has 0 bridgehead atoms. The van der Waals surface area contributed by atoms with Crippen LogP contribution in [0.5, 0.6) is 5.75 Å². The van der Waals surface area contributed by atoms with Crippen molar-refractivity contribution < 1.29 is 4.74 Å². The van der Waals surface area contributed by atoms with Gasteiger partial charge in [-0.15, -0.1) is 0 Å². The van der Waals surface area contributed by atoms with Gasteiger partial charge in [-0.05, 0) is 19.9 Å². The molecule has 6 nitrogen and oxygen atoms in total. The number of ether oxygens (including phenoxy) is 1. The summed E-state index contributed by atoms with van der Waals surface area (Å²) in [6.07, 6.45) is 7.94. The van der Waals surface area contributed by atoms with Crippen LogP contribution in [0.15, 0.2) is 24.8 Å². The Bertz CT molecular complexity index is 504. The maximum absolute atomic E-state index is 5.44. The minimum absolute atomic E-state index is 0.0685. The molecule has 0 amide bonds. The highest BCUT2D eigenvalue weighted by Gasteiger charge is 2.23. The van der Waals surface area contributed by atoms with Crippen molar-refractivity contribution in [2.45, 2.75) is 32.9 Å². The minimum atomic E-state index is -0.0685.